The number of hydrogen-bond acceptors (Lipinski definition) is 3. The Morgan fingerprint density at radius 2 is 1.97 bits per heavy atom. The fraction of sp³-hybridized carbons (Fsp3) is 0.318. The molecule has 7 heteroatoms. The molecule has 0 fully saturated rings. The lowest BCUT2D eigenvalue weighted by molar-refractivity contribution is 0.249. The third-order valence-electron chi connectivity index (χ3n) is 5.33. The molecule has 2 aromatic heterocycles. The largest absolute Gasteiger partial charge is 0.331 e. The van der Waals surface area contributed by atoms with Gasteiger partial charge in [0.2, 0.25) is 0 Å². The number of carbonyl (C=O) groups excluding carboxylic acids is 1. The fourth-order valence-corrected chi connectivity index (χ4v) is 5.53. The van der Waals surface area contributed by atoms with Crippen molar-refractivity contribution in [2.75, 3.05) is 18.4 Å². The average Bonchev–Trinajstić information content (AvgIpc) is 3.36. The second kappa shape index (κ2) is 8.73. The number of rotatable bonds is 5. The Bertz CT molecular complexity index is 981. The number of fused-ring (bicyclic) bond motifs is 1. The molecule has 2 amide bonds. The van der Waals surface area contributed by atoms with Crippen molar-refractivity contribution in [3.05, 3.63) is 69.3 Å². The van der Waals surface area contributed by atoms with Gasteiger partial charge in [-0.05, 0) is 61.9 Å². The van der Waals surface area contributed by atoms with Crippen LogP contribution in [0.1, 0.15) is 35.9 Å². The maximum Gasteiger partial charge on any atom is 0.319 e. The third-order valence-corrected chi connectivity index (χ3v) is 7.10. The zero-order chi connectivity index (χ0) is 20.4. The normalized spacial score (nSPS) is 15.0. The van der Waals surface area contributed by atoms with Gasteiger partial charge in [0.1, 0.15) is 5.00 Å². The molecule has 1 aromatic carbocycles. The van der Waals surface area contributed by atoms with Crippen LogP contribution >= 0.6 is 27.3 Å². The van der Waals surface area contributed by atoms with Gasteiger partial charge in [-0.25, -0.2) is 4.79 Å². The van der Waals surface area contributed by atoms with Gasteiger partial charge in [-0.2, -0.15) is 0 Å². The van der Waals surface area contributed by atoms with E-state index in [1.165, 1.54) is 21.0 Å². The summed E-state index contributed by atoms with van der Waals surface area (Å²) in [6, 6.07) is 11.4. The Morgan fingerprint density at radius 3 is 2.66 bits per heavy atom. The molecule has 1 aliphatic rings. The van der Waals surface area contributed by atoms with Crippen LogP contribution in [-0.2, 0) is 13.0 Å². The molecule has 0 radical (unpaired) electrons. The molecule has 1 unspecified atom stereocenters. The van der Waals surface area contributed by atoms with Crippen LogP contribution in [0.5, 0.6) is 0 Å². The number of nitrogens with zero attached hydrogens (tertiary/aromatic N) is 2. The SMILES string of the molecule is CCN1CCc2c(sc(-n3cccc3)c2C(C)NC(=O)Nc2ccc(Br)cc2)C1. The van der Waals surface area contributed by atoms with E-state index in [0.29, 0.717) is 0 Å². The minimum Gasteiger partial charge on any atom is -0.331 e. The van der Waals surface area contributed by atoms with E-state index in [1.807, 2.05) is 47.7 Å². The number of amides is 2. The van der Waals surface area contributed by atoms with Crippen molar-refractivity contribution in [3.8, 4) is 5.00 Å². The van der Waals surface area contributed by atoms with E-state index in [-0.39, 0.29) is 12.1 Å². The molecular formula is C22H25BrN4OS. The summed E-state index contributed by atoms with van der Waals surface area (Å²) in [5, 5.41) is 7.27. The molecule has 152 valence electrons. The van der Waals surface area contributed by atoms with Gasteiger partial charge in [-0.15, -0.1) is 11.3 Å². The Balaban J connectivity index is 1.58. The Kier molecular flexibility index (Phi) is 6.08. The molecular weight excluding hydrogens is 448 g/mol. The standard InChI is InChI=1S/C22H25BrN4OS/c1-3-26-13-10-18-19(14-26)29-21(27-11-4-5-12-27)20(18)15(2)24-22(28)25-17-8-6-16(23)7-9-17/h4-9,11-12,15H,3,10,13-14H2,1-2H3,(H2,24,25,28). The van der Waals surface area contributed by atoms with Gasteiger partial charge in [-0.1, -0.05) is 22.9 Å². The van der Waals surface area contributed by atoms with Crippen molar-refractivity contribution >= 4 is 39.0 Å². The lowest BCUT2D eigenvalue weighted by atomic mass is 9.98. The average molecular weight is 473 g/mol. The van der Waals surface area contributed by atoms with Crippen molar-refractivity contribution in [1.29, 1.82) is 0 Å². The summed E-state index contributed by atoms with van der Waals surface area (Å²) in [5.41, 5.74) is 3.41. The maximum absolute atomic E-state index is 12.6. The summed E-state index contributed by atoms with van der Waals surface area (Å²) in [5.74, 6) is 0. The zero-order valence-electron chi connectivity index (χ0n) is 16.6. The monoisotopic (exact) mass is 472 g/mol. The van der Waals surface area contributed by atoms with Gasteiger partial charge in [0, 0.05) is 46.1 Å². The first-order valence-electron chi connectivity index (χ1n) is 9.88. The van der Waals surface area contributed by atoms with Crippen LogP contribution in [0.15, 0.2) is 53.3 Å². The quantitative estimate of drug-likeness (QED) is 0.510. The van der Waals surface area contributed by atoms with E-state index in [0.717, 1.165) is 36.2 Å². The van der Waals surface area contributed by atoms with E-state index in [4.69, 9.17) is 0 Å². The number of hydrogen-bond donors (Lipinski definition) is 2. The van der Waals surface area contributed by atoms with Gasteiger partial charge in [0.15, 0.2) is 0 Å². The Labute approximate surface area is 183 Å². The molecule has 1 atom stereocenters. The first-order valence-corrected chi connectivity index (χ1v) is 11.5. The van der Waals surface area contributed by atoms with Gasteiger partial charge >= 0.3 is 6.03 Å². The lowest BCUT2D eigenvalue weighted by Gasteiger charge is -2.26. The molecule has 2 N–H and O–H groups in total. The predicted octanol–water partition coefficient (Wildman–Crippen LogP) is 5.56. The summed E-state index contributed by atoms with van der Waals surface area (Å²) in [6.45, 7) is 7.40. The van der Waals surface area contributed by atoms with Gasteiger partial charge in [-0.3, -0.25) is 4.90 Å². The van der Waals surface area contributed by atoms with E-state index in [9.17, 15) is 4.79 Å². The van der Waals surface area contributed by atoms with Crippen molar-refractivity contribution in [1.82, 2.24) is 14.8 Å². The topological polar surface area (TPSA) is 49.3 Å². The number of aromatic nitrogens is 1. The summed E-state index contributed by atoms with van der Waals surface area (Å²) >= 11 is 5.26. The highest BCUT2D eigenvalue weighted by molar-refractivity contribution is 9.10. The van der Waals surface area contributed by atoms with Crippen molar-refractivity contribution in [3.63, 3.8) is 0 Å². The number of thiophene rings is 1. The third kappa shape index (κ3) is 4.42. The molecule has 3 aromatic rings. The number of halogens is 1. The lowest BCUT2D eigenvalue weighted by Crippen LogP contribution is -2.33. The fourth-order valence-electron chi connectivity index (χ4n) is 3.81. The molecule has 29 heavy (non-hydrogen) atoms. The molecule has 0 aliphatic carbocycles. The number of benzene rings is 1. The van der Waals surface area contributed by atoms with E-state index in [1.54, 1.807) is 0 Å². The molecule has 3 heterocycles. The second-order valence-corrected chi connectivity index (χ2v) is 9.26. The van der Waals surface area contributed by atoms with Crippen molar-refractivity contribution in [2.45, 2.75) is 32.9 Å². The van der Waals surface area contributed by atoms with Gasteiger partial charge < -0.3 is 15.2 Å². The Morgan fingerprint density at radius 1 is 1.24 bits per heavy atom. The van der Waals surface area contributed by atoms with Crippen LogP contribution in [0.2, 0.25) is 0 Å². The molecule has 4 rings (SSSR count). The second-order valence-electron chi connectivity index (χ2n) is 7.26. The van der Waals surface area contributed by atoms with E-state index < -0.39 is 0 Å². The van der Waals surface area contributed by atoms with Crippen LogP contribution in [-0.4, -0.2) is 28.6 Å². The number of nitrogens with one attached hydrogen (secondary N) is 2. The van der Waals surface area contributed by atoms with E-state index >= 15 is 0 Å². The minimum absolute atomic E-state index is 0.0870. The van der Waals surface area contributed by atoms with Crippen LogP contribution in [0.25, 0.3) is 5.00 Å². The van der Waals surface area contributed by atoms with E-state index in [2.05, 4.69) is 62.3 Å². The molecule has 1 aliphatic heterocycles. The Hall–Kier alpha value is -2.09. The molecule has 0 bridgehead atoms. The maximum atomic E-state index is 12.6. The number of anilines is 1. The number of carbonyl (C=O) groups is 1. The molecule has 0 saturated heterocycles. The molecule has 0 saturated carbocycles. The van der Waals surface area contributed by atoms with Crippen LogP contribution in [0.3, 0.4) is 0 Å². The first-order chi connectivity index (χ1) is 14.0. The molecule has 5 nitrogen and oxygen atoms in total. The van der Waals surface area contributed by atoms with Crippen LogP contribution < -0.4 is 10.6 Å². The van der Waals surface area contributed by atoms with Gasteiger partial charge in [0.05, 0.1) is 6.04 Å². The van der Waals surface area contributed by atoms with Gasteiger partial charge in [0.25, 0.3) is 0 Å². The first kappa shape index (κ1) is 20.2. The number of urea groups is 1. The molecule has 0 spiro atoms. The summed E-state index contributed by atoms with van der Waals surface area (Å²) in [6.07, 6.45) is 5.18. The van der Waals surface area contributed by atoms with Crippen molar-refractivity contribution < 1.29 is 4.79 Å². The van der Waals surface area contributed by atoms with Crippen molar-refractivity contribution in [2.24, 2.45) is 0 Å². The highest BCUT2D eigenvalue weighted by atomic mass is 79.9. The number of likely N-dealkylation sites (N-methyl/N-ethyl adjacent to an activating group) is 1. The van der Waals surface area contributed by atoms with Crippen LogP contribution in [0, 0.1) is 0 Å². The highest BCUT2D eigenvalue weighted by Crippen LogP contribution is 2.39. The van der Waals surface area contributed by atoms with Crippen LogP contribution in [0.4, 0.5) is 10.5 Å². The predicted molar refractivity (Wildman–Crippen MR) is 123 cm³/mol. The summed E-state index contributed by atoms with van der Waals surface area (Å²) in [7, 11) is 0. The zero-order valence-corrected chi connectivity index (χ0v) is 19.0. The highest BCUT2D eigenvalue weighted by Gasteiger charge is 2.27. The minimum atomic E-state index is -0.191. The summed E-state index contributed by atoms with van der Waals surface area (Å²) in [4.78, 5) is 16.5. The summed E-state index contributed by atoms with van der Waals surface area (Å²) < 4.78 is 3.15. The smallest absolute Gasteiger partial charge is 0.319 e.